The van der Waals surface area contributed by atoms with Gasteiger partial charge in [0.05, 0.1) is 5.52 Å². The van der Waals surface area contributed by atoms with Gasteiger partial charge in [0, 0.05) is 11.8 Å². The van der Waals surface area contributed by atoms with Gasteiger partial charge in [-0.05, 0) is 23.6 Å². The zero-order valence-electron chi connectivity index (χ0n) is 9.92. The Kier molecular flexibility index (Phi) is 2.92. The molecule has 0 radical (unpaired) electrons. The molecule has 2 heterocycles. The molecule has 5 nitrogen and oxygen atoms in total. The molecule has 3 rings (SSSR count). The average molecular weight is 273 g/mol. The summed E-state index contributed by atoms with van der Waals surface area (Å²) in [6.45, 7) is 0.199. The zero-order chi connectivity index (χ0) is 13.2. The van der Waals surface area contributed by atoms with Gasteiger partial charge in [-0.15, -0.1) is 11.3 Å². The normalized spacial score (nSPS) is 10.7. The van der Waals surface area contributed by atoms with Crippen molar-refractivity contribution in [1.29, 1.82) is 0 Å². The monoisotopic (exact) mass is 273 g/mol. The van der Waals surface area contributed by atoms with E-state index >= 15 is 0 Å². The SMILES string of the molecule is Nc1cccc(OCc2nc3ccsc3c(=O)[nH]2)c1. The van der Waals surface area contributed by atoms with Gasteiger partial charge in [0.25, 0.3) is 5.56 Å². The molecule has 96 valence electrons. The fourth-order valence-corrected chi connectivity index (χ4v) is 2.47. The summed E-state index contributed by atoms with van der Waals surface area (Å²) in [6, 6.07) is 8.94. The van der Waals surface area contributed by atoms with Crippen molar-refractivity contribution < 1.29 is 4.74 Å². The number of H-pyrrole nitrogens is 1. The van der Waals surface area contributed by atoms with Crippen molar-refractivity contribution in [3.8, 4) is 5.75 Å². The third kappa shape index (κ3) is 2.43. The zero-order valence-corrected chi connectivity index (χ0v) is 10.7. The molecule has 19 heavy (non-hydrogen) atoms. The number of fused-ring (bicyclic) bond motifs is 1. The Balaban J connectivity index is 1.83. The van der Waals surface area contributed by atoms with Crippen LogP contribution < -0.4 is 16.0 Å². The average Bonchev–Trinajstić information content (AvgIpc) is 2.85. The number of anilines is 1. The Bertz CT molecular complexity index is 779. The van der Waals surface area contributed by atoms with Crippen LogP contribution in [0.15, 0.2) is 40.5 Å². The highest BCUT2D eigenvalue weighted by Crippen LogP contribution is 2.17. The number of aromatic amines is 1. The lowest BCUT2D eigenvalue weighted by atomic mass is 10.3. The minimum Gasteiger partial charge on any atom is -0.486 e. The summed E-state index contributed by atoms with van der Waals surface area (Å²) >= 11 is 1.38. The van der Waals surface area contributed by atoms with E-state index in [-0.39, 0.29) is 12.2 Å². The first-order valence-electron chi connectivity index (χ1n) is 5.67. The Morgan fingerprint density at radius 1 is 1.37 bits per heavy atom. The largest absolute Gasteiger partial charge is 0.486 e. The molecule has 0 unspecified atom stereocenters. The molecule has 3 aromatic rings. The number of nitrogen functional groups attached to an aromatic ring is 1. The fraction of sp³-hybridized carbons (Fsp3) is 0.0769. The van der Waals surface area contributed by atoms with E-state index in [2.05, 4.69) is 9.97 Å². The molecule has 0 saturated carbocycles. The van der Waals surface area contributed by atoms with E-state index in [1.165, 1.54) is 11.3 Å². The molecular weight excluding hydrogens is 262 g/mol. The summed E-state index contributed by atoms with van der Waals surface area (Å²) in [5, 5.41) is 1.84. The number of nitrogens with one attached hydrogen (secondary N) is 1. The molecule has 0 saturated heterocycles. The van der Waals surface area contributed by atoms with Gasteiger partial charge in [-0.1, -0.05) is 6.07 Å². The van der Waals surface area contributed by atoms with Crippen LogP contribution in [0.4, 0.5) is 5.69 Å². The van der Waals surface area contributed by atoms with Gasteiger partial charge in [-0.25, -0.2) is 4.98 Å². The smallest absolute Gasteiger partial charge is 0.268 e. The Labute approximate surface area is 112 Å². The highest BCUT2D eigenvalue weighted by Gasteiger charge is 2.05. The van der Waals surface area contributed by atoms with E-state index in [0.717, 1.165) is 0 Å². The summed E-state index contributed by atoms with van der Waals surface area (Å²) < 4.78 is 6.18. The van der Waals surface area contributed by atoms with Crippen LogP contribution in [0.25, 0.3) is 10.2 Å². The summed E-state index contributed by atoms with van der Waals surface area (Å²) in [6.07, 6.45) is 0. The Morgan fingerprint density at radius 3 is 3.11 bits per heavy atom. The minimum absolute atomic E-state index is 0.133. The van der Waals surface area contributed by atoms with E-state index in [4.69, 9.17) is 10.5 Å². The molecule has 0 bridgehead atoms. The molecule has 0 amide bonds. The summed E-state index contributed by atoms with van der Waals surface area (Å²) in [7, 11) is 0. The molecule has 0 atom stereocenters. The van der Waals surface area contributed by atoms with Crippen molar-refractivity contribution in [2.45, 2.75) is 6.61 Å². The Hall–Kier alpha value is -2.34. The first kappa shape index (κ1) is 11.7. The maximum absolute atomic E-state index is 11.8. The predicted molar refractivity (Wildman–Crippen MR) is 75.4 cm³/mol. The minimum atomic E-state index is -0.133. The van der Waals surface area contributed by atoms with Gasteiger partial charge >= 0.3 is 0 Å². The first-order valence-corrected chi connectivity index (χ1v) is 6.55. The van der Waals surface area contributed by atoms with E-state index in [9.17, 15) is 4.79 Å². The third-order valence-corrected chi connectivity index (χ3v) is 3.50. The second-order valence-corrected chi connectivity index (χ2v) is 4.92. The maximum Gasteiger partial charge on any atom is 0.268 e. The molecule has 2 aromatic heterocycles. The number of rotatable bonds is 3. The standard InChI is InChI=1S/C13H11N3O2S/c14-8-2-1-3-9(6-8)18-7-11-15-10-4-5-19-12(10)13(17)16-11/h1-6H,7,14H2,(H,15,16,17). The van der Waals surface area contributed by atoms with Gasteiger partial charge in [0.1, 0.15) is 22.9 Å². The lowest BCUT2D eigenvalue weighted by Gasteiger charge is -2.06. The number of hydrogen-bond donors (Lipinski definition) is 2. The molecule has 1 aromatic carbocycles. The maximum atomic E-state index is 11.8. The van der Waals surface area contributed by atoms with Crippen molar-refractivity contribution in [3.05, 3.63) is 51.9 Å². The van der Waals surface area contributed by atoms with Crippen LogP contribution in [0, 0.1) is 0 Å². The van der Waals surface area contributed by atoms with Crippen molar-refractivity contribution in [2.75, 3.05) is 5.73 Å². The highest BCUT2D eigenvalue weighted by molar-refractivity contribution is 7.17. The van der Waals surface area contributed by atoms with Crippen LogP contribution in [-0.2, 0) is 6.61 Å². The van der Waals surface area contributed by atoms with Gasteiger partial charge < -0.3 is 15.5 Å². The predicted octanol–water partition coefficient (Wildman–Crippen LogP) is 2.15. The van der Waals surface area contributed by atoms with Gasteiger partial charge in [-0.2, -0.15) is 0 Å². The van der Waals surface area contributed by atoms with Crippen LogP contribution in [0.1, 0.15) is 5.82 Å². The molecule has 0 aliphatic heterocycles. The quantitative estimate of drug-likeness (QED) is 0.716. The highest BCUT2D eigenvalue weighted by atomic mass is 32.1. The van der Waals surface area contributed by atoms with Crippen LogP contribution in [0.2, 0.25) is 0 Å². The third-order valence-electron chi connectivity index (χ3n) is 2.60. The van der Waals surface area contributed by atoms with Crippen LogP contribution in [-0.4, -0.2) is 9.97 Å². The fourth-order valence-electron chi connectivity index (χ4n) is 1.75. The number of aromatic nitrogens is 2. The van der Waals surface area contributed by atoms with Crippen molar-refractivity contribution in [2.24, 2.45) is 0 Å². The number of nitrogens with two attached hydrogens (primary N) is 1. The van der Waals surface area contributed by atoms with Crippen molar-refractivity contribution in [1.82, 2.24) is 9.97 Å². The van der Waals surface area contributed by atoms with E-state index in [1.807, 2.05) is 17.5 Å². The van der Waals surface area contributed by atoms with Crippen molar-refractivity contribution in [3.63, 3.8) is 0 Å². The molecule has 0 aliphatic rings. The van der Waals surface area contributed by atoms with E-state index < -0.39 is 0 Å². The van der Waals surface area contributed by atoms with Crippen LogP contribution in [0.5, 0.6) is 5.75 Å². The number of benzene rings is 1. The molecule has 3 N–H and O–H groups in total. The summed E-state index contributed by atoms with van der Waals surface area (Å²) in [5.41, 5.74) is 6.85. The topological polar surface area (TPSA) is 81.0 Å². The summed E-state index contributed by atoms with van der Waals surface area (Å²) in [5.74, 6) is 1.14. The lowest BCUT2D eigenvalue weighted by molar-refractivity contribution is 0.296. The number of ether oxygens (including phenoxy) is 1. The molecule has 6 heteroatoms. The second kappa shape index (κ2) is 4.74. The Morgan fingerprint density at radius 2 is 2.26 bits per heavy atom. The van der Waals surface area contributed by atoms with Gasteiger partial charge in [0.2, 0.25) is 0 Å². The first-order chi connectivity index (χ1) is 9.22. The number of thiophene rings is 1. The summed E-state index contributed by atoms with van der Waals surface area (Å²) in [4.78, 5) is 18.8. The van der Waals surface area contributed by atoms with Crippen LogP contribution in [0.3, 0.4) is 0 Å². The second-order valence-electron chi connectivity index (χ2n) is 4.01. The van der Waals surface area contributed by atoms with Gasteiger partial charge in [0.15, 0.2) is 0 Å². The number of nitrogens with zero attached hydrogens (tertiary/aromatic N) is 1. The lowest BCUT2D eigenvalue weighted by Crippen LogP contribution is -2.12. The van der Waals surface area contributed by atoms with Crippen molar-refractivity contribution >= 4 is 27.2 Å². The van der Waals surface area contributed by atoms with E-state index in [0.29, 0.717) is 27.5 Å². The van der Waals surface area contributed by atoms with E-state index in [1.54, 1.807) is 18.2 Å². The van der Waals surface area contributed by atoms with Gasteiger partial charge in [-0.3, -0.25) is 4.79 Å². The molecule has 0 aliphatic carbocycles. The number of hydrogen-bond acceptors (Lipinski definition) is 5. The molecule has 0 spiro atoms. The van der Waals surface area contributed by atoms with Crippen LogP contribution >= 0.6 is 11.3 Å². The molecule has 0 fully saturated rings. The molecular formula is C13H11N3O2S.